The molecule has 1 saturated heterocycles. The van der Waals surface area contributed by atoms with Gasteiger partial charge in [-0.05, 0) is 41.8 Å². The molecule has 0 bridgehead atoms. The lowest BCUT2D eigenvalue weighted by Gasteiger charge is -2.45. The third-order valence-corrected chi connectivity index (χ3v) is 4.79. The second-order valence-electron chi connectivity index (χ2n) is 8.29. The molecule has 19 heavy (non-hydrogen) atoms. The first-order valence-corrected chi connectivity index (χ1v) is 8.10. The largest absolute Gasteiger partial charge is 0.378 e. The van der Waals surface area contributed by atoms with Crippen LogP contribution in [-0.4, -0.2) is 20.0 Å². The van der Waals surface area contributed by atoms with Gasteiger partial charge in [0.05, 0.1) is 6.10 Å². The standard InChI is InChI=1S/C17H34BO/c1-8-9-17(5,6)11-15-14(16(2,3)4)10-13(18-7)12-19-15/h13-15H,8-12H2,1-7H3. The molecule has 0 N–H and O–H groups in total. The van der Waals surface area contributed by atoms with Gasteiger partial charge >= 0.3 is 0 Å². The quantitative estimate of drug-likeness (QED) is 0.621. The molecule has 0 amide bonds. The van der Waals surface area contributed by atoms with Crippen molar-refractivity contribution in [1.29, 1.82) is 0 Å². The first-order chi connectivity index (χ1) is 8.69. The lowest BCUT2D eigenvalue weighted by Crippen LogP contribution is -2.42. The van der Waals surface area contributed by atoms with E-state index in [1.807, 2.05) is 0 Å². The zero-order chi connectivity index (χ0) is 14.7. The summed E-state index contributed by atoms with van der Waals surface area (Å²) >= 11 is 0. The van der Waals surface area contributed by atoms with Crippen LogP contribution in [0.25, 0.3) is 0 Å². The highest BCUT2D eigenvalue weighted by molar-refractivity contribution is 6.35. The van der Waals surface area contributed by atoms with Gasteiger partial charge in [-0.3, -0.25) is 0 Å². The van der Waals surface area contributed by atoms with Crippen LogP contribution in [0, 0.1) is 16.7 Å². The van der Waals surface area contributed by atoms with E-state index in [2.05, 4.69) is 55.6 Å². The lowest BCUT2D eigenvalue weighted by atomic mass is 9.58. The number of rotatable bonds is 5. The molecule has 1 fully saturated rings. The SMILES string of the molecule is C[B]C1COC(CC(C)(C)CCC)C(C(C)(C)C)C1. The summed E-state index contributed by atoms with van der Waals surface area (Å²) in [4.78, 5) is 0. The van der Waals surface area contributed by atoms with Gasteiger partial charge in [0.15, 0.2) is 0 Å². The Kier molecular flexibility index (Phi) is 5.98. The first-order valence-electron chi connectivity index (χ1n) is 8.10. The summed E-state index contributed by atoms with van der Waals surface area (Å²) in [5, 5.41) is 0. The van der Waals surface area contributed by atoms with E-state index in [9.17, 15) is 0 Å². The molecule has 0 spiro atoms. The third kappa shape index (κ3) is 5.13. The van der Waals surface area contributed by atoms with Crippen molar-refractivity contribution in [3.05, 3.63) is 0 Å². The van der Waals surface area contributed by atoms with Crippen molar-refractivity contribution < 1.29 is 4.74 Å². The van der Waals surface area contributed by atoms with Crippen LogP contribution in [0.2, 0.25) is 12.6 Å². The molecule has 1 aliphatic heterocycles. The Labute approximate surface area is 122 Å². The van der Waals surface area contributed by atoms with Crippen LogP contribution in [-0.2, 0) is 4.74 Å². The van der Waals surface area contributed by atoms with Gasteiger partial charge in [0.1, 0.15) is 7.28 Å². The minimum absolute atomic E-state index is 0.342. The zero-order valence-electron chi connectivity index (χ0n) is 14.3. The third-order valence-electron chi connectivity index (χ3n) is 4.79. The van der Waals surface area contributed by atoms with Gasteiger partial charge in [-0.2, -0.15) is 0 Å². The monoisotopic (exact) mass is 265 g/mol. The molecule has 1 nitrogen and oxygen atoms in total. The molecule has 0 saturated carbocycles. The molecule has 111 valence electrons. The highest BCUT2D eigenvalue weighted by atomic mass is 16.5. The summed E-state index contributed by atoms with van der Waals surface area (Å²) in [5.41, 5.74) is 0.750. The molecule has 1 heterocycles. The van der Waals surface area contributed by atoms with Crippen molar-refractivity contribution in [3.8, 4) is 0 Å². The van der Waals surface area contributed by atoms with Crippen LogP contribution < -0.4 is 0 Å². The van der Waals surface area contributed by atoms with Crippen LogP contribution in [0.4, 0.5) is 0 Å². The van der Waals surface area contributed by atoms with Gasteiger partial charge in [-0.25, -0.2) is 0 Å². The zero-order valence-corrected chi connectivity index (χ0v) is 14.3. The Morgan fingerprint density at radius 2 is 1.79 bits per heavy atom. The maximum absolute atomic E-state index is 6.27. The minimum Gasteiger partial charge on any atom is -0.378 e. The Bertz CT molecular complexity index is 264. The van der Waals surface area contributed by atoms with Crippen LogP contribution in [0.1, 0.15) is 67.2 Å². The van der Waals surface area contributed by atoms with Gasteiger partial charge in [0, 0.05) is 6.61 Å². The number of hydrogen-bond acceptors (Lipinski definition) is 1. The molecule has 0 aromatic rings. The average molecular weight is 265 g/mol. The minimum atomic E-state index is 0.342. The fourth-order valence-electron chi connectivity index (χ4n) is 3.58. The molecule has 0 aromatic heterocycles. The van der Waals surface area contributed by atoms with Crippen molar-refractivity contribution >= 4 is 7.28 Å². The van der Waals surface area contributed by atoms with E-state index in [-0.39, 0.29) is 0 Å². The molecule has 2 heteroatoms. The van der Waals surface area contributed by atoms with E-state index in [4.69, 9.17) is 4.74 Å². The van der Waals surface area contributed by atoms with Crippen LogP contribution in [0.5, 0.6) is 0 Å². The lowest BCUT2D eigenvalue weighted by molar-refractivity contribution is -0.0821. The molecule has 1 aliphatic rings. The molecule has 0 aromatic carbocycles. The van der Waals surface area contributed by atoms with Gasteiger partial charge in [0.2, 0.25) is 0 Å². The molecule has 3 atom stereocenters. The van der Waals surface area contributed by atoms with E-state index in [1.54, 1.807) is 0 Å². The highest BCUT2D eigenvalue weighted by Crippen LogP contribution is 2.44. The van der Waals surface area contributed by atoms with E-state index >= 15 is 0 Å². The van der Waals surface area contributed by atoms with E-state index in [0.717, 1.165) is 6.61 Å². The second kappa shape index (κ2) is 6.65. The predicted octanol–water partition coefficient (Wildman–Crippen LogP) is 5.19. The average Bonchev–Trinajstić information content (AvgIpc) is 2.27. The Morgan fingerprint density at radius 1 is 1.16 bits per heavy atom. The van der Waals surface area contributed by atoms with Crippen LogP contribution in [0.3, 0.4) is 0 Å². The maximum atomic E-state index is 6.27. The Morgan fingerprint density at radius 3 is 2.26 bits per heavy atom. The number of ether oxygens (including phenoxy) is 1. The Hall–Kier alpha value is 0.0249. The van der Waals surface area contributed by atoms with Crippen molar-refractivity contribution in [2.24, 2.45) is 16.7 Å². The second-order valence-corrected chi connectivity index (χ2v) is 8.29. The molecule has 1 radical (unpaired) electrons. The summed E-state index contributed by atoms with van der Waals surface area (Å²) in [6.07, 6.45) is 5.52. The van der Waals surface area contributed by atoms with Gasteiger partial charge in [-0.15, -0.1) is 0 Å². The maximum Gasteiger partial charge on any atom is 0.113 e. The summed E-state index contributed by atoms with van der Waals surface area (Å²) in [6.45, 7) is 17.3. The van der Waals surface area contributed by atoms with Crippen molar-refractivity contribution in [2.45, 2.75) is 86.0 Å². The van der Waals surface area contributed by atoms with E-state index < -0.39 is 0 Å². The van der Waals surface area contributed by atoms with Crippen molar-refractivity contribution in [3.63, 3.8) is 0 Å². The fourth-order valence-corrected chi connectivity index (χ4v) is 3.58. The van der Waals surface area contributed by atoms with Gasteiger partial charge < -0.3 is 4.74 Å². The van der Waals surface area contributed by atoms with Gasteiger partial charge in [-0.1, -0.05) is 54.8 Å². The topological polar surface area (TPSA) is 9.23 Å². The number of hydrogen-bond donors (Lipinski definition) is 0. The predicted molar refractivity (Wildman–Crippen MR) is 86.0 cm³/mol. The molecular formula is C17H34BO. The van der Waals surface area contributed by atoms with Crippen molar-refractivity contribution in [1.82, 2.24) is 0 Å². The summed E-state index contributed by atoms with van der Waals surface area (Å²) in [5.74, 6) is 1.33. The van der Waals surface area contributed by atoms with Gasteiger partial charge in [0.25, 0.3) is 0 Å². The summed E-state index contributed by atoms with van der Waals surface area (Å²) < 4.78 is 6.27. The molecule has 0 aliphatic carbocycles. The fraction of sp³-hybridized carbons (Fsp3) is 1.00. The Balaban J connectivity index is 2.74. The molecule has 1 rings (SSSR count). The van der Waals surface area contributed by atoms with E-state index in [1.165, 1.54) is 25.7 Å². The van der Waals surface area contributed by atoms with Crippen molar-refractivity contribution in [2.75, 3.05) is 6.61 Å². The molecular weight excluding hydrogens is 231 g/mol. The summed E-state index contributed by atoms with van der Waals surface area (Å²) in [7, 11) is 2.33. The smallest absolute Gasteiger partial charge is 0.113 e. The first kappa shape index (κ1) is 17.1. The van der Waals surface area contributed by atoms with E-state index in [0.29, 0.717) is 28.7 Å². The molecule has 3 unspecified atom stereocenters. The normalized spacial score (nSPS) is 29.3. The van der Waals surface area contributed by atoms with Crippen LogP contribution in [0.15, 0.2) is 0 Å². The highest BCUT2D eigenvalue weighted by Gasteiger charge is 2.40. The summed E-state index contributed by atoms with van der Waals surface area (Å²) in [6, 6.07) is 0. The van der Waals surface area contributed by atoms with Crippen LogP contribution >= 0.6 is 0 Å².